The Morgan fingerprint density at radius 3 is 2.51 bits per heavy atom. The molecule has 1 aromatic heterocycles. The first kappa shape index (κ1) is 30.0. The second-order valence-electron chi connectivity index (χ2n) is 10.0. The molecule has 0 radical (unpaired) electrons. The Kier molecular flexibility index (Phi) is 7.62. The Morgan fingerprint density at radius 2 is 1.90 bits per heavy atom. The van der Waals surface area contributed by atoms with E-state index in [0.29, 0.717) is 0 Å². The van der Waals surface area contributed by atoms with Crippen LogP contribution in [-0.2, 0) is 15.7 Å². The van der Waals surface area contributed by atoms with Gasteiger partial charge in [0.1, 0.15) is 22.9 Å². The van der Waals surface area contributed by atoms with Gasteiger partial charge in [-0.05, 0) is 49.1 Å². The van der Waals surface area contributed by atoms with Crippen molar-refractivity contribution in [1.29, 1.82) is 0 Å². The fourth-order valence-electron chi connectivity index (χ4n) is 4.64. The fourth-order valence-corrected chi connectivity index (χ4v) is 7.87. The average molecular weight is 605 g/mol. The van der Waals surface area contributed by atoms with Gasteiger partial charge in [-0.15, -0.1) is 0 Å². The highest BCUT2D eigenvalue weighted by molar-refractivity contribution is 8.04. The third-order valence-electron chi connectivity index (χ3n) is 6.97. The van der Waals surface area contributed by atoms with Crippen molar-refractivity contribution in [3.8, 4) is 5.88 Å². The Balaban J connectivity index is 1.61. The molecule has 0 fully saturated rings. The number of anilines is 1. The highest BCUT2D eigenvalue weighted by Crippen LogP contribution is 2.51. The predicted octanol–water partition coefficient (Wildman–Crippen LogP) is 3.60. The van der Waals surface area contributed by atoms with Crippen LogP contribution in [0.15, 0.2) is 40.0 Å². The third kappa shape index (κ3) is 5.37. The molecular weight excluding hydrogens is 579 g/mol. The molecule has 222 valence electrons. The Morgan fingerprint density at radius 1 is 1.20 bits per heavy atom. The maximum atomic E-state index is 15.3. The van der Waals surface area contributed by atoms with Gasteiger partial charge in [0.05, 0.1) is 22.4 Å². The summed E-state index contributed by atoms with van der Waals surface area (Å²) < 4.78 is 87.5. The van der Waals surface area contributed by atoms with Gasteiger partial charge in [0.15, 0.2) is 6.61 Å². The molecule has 0 unspecified atom stereocenters. The lowest BCUT2D eigenvalue weighted by molar-refractivity contribution is -0.148. The minimum absolute atomic E-state index is 0.0628. The smallest absolute Gasteiger partial charge is 0.410 e. The number of benzene rings is 1. The second kappa shape index (κ2) is 10.4. The number of hydrogen-bond donors (Lipinski definition) is 4. The number of alkyl halides is 4. The average Bonchev–Trinajstić information content (AvgIpc) is 3.32. The SMILES string of the molecule is CC1(C)C(NC(=O)O)=N[C@](C)(c2cc(NC(=O)c3cnc(OCC(F)(F)C(F)F)cn3)ccc2F)[C@@H]2CC=N[SH]21=O. The monoisotopic (exact) mass is 604 g/mol. The zero-order valence-electron chi connectivity index (χ0n) is 21.7. The lowest BCUT2D eigenvalue weighted by Crippen LogP contribution is -2.62. The Bertz CT molecular complexity index is 1490. The number of amides is 2. The summed E-state index contributed by atoms with van der Waals surface area (Å²) in [6.45, 7) is 2.95. The van der Waals surface area contributed by atoms with E-state index in [1.165, 1.54) is 25.3 Å². The molecule has 0 spiro atoms. The molecule has 2 aromatic rings. The van der Waals surface area contributed by atoms with E-state index in [2.05, 4.69) is 34.7 Å². The van der Waals surface area contributed by atoms with Crippen molar-refractivity contribution in [3.63, 3.8) is 0 Å². The number of halogens is 5. The molecular formula is C24H25F5N6O5S. The number of ether oxygens (including phenoxy) is 1. The lowest BCUT2D eigenvalue weighted by Gasteiger charge is -2.50. The summed E-state index contributed by atoms with van der Waals surface area (Å²) in [6, 6.07) is 3.53. The van der Waals surface area contributed by atoms with E-state index in [0.717, 1.165) is 18.5 Å². The molecule has 3 N–H and O–H groups in total. The van der Waals surface area contributed by atoms with Crippen molar-refractivity contribution in [3.05, 3.63) is 47.7 Å². The third-order valence-corrected chi connectivity index (χ3v) is 10.8. The van der Waals surface area contributed by atoms with Gasteiger partial charge in [-0.1, -0.05) is 0 Å². The molecule has 1 aromatic carbocycles. The maximum absolute atomic E-state index is 15.3. The molecule has 41 heavy (non-hydrogen) atoms. The van der Waals surface area contributed by atoms with Crippen LogP contribution in [0.3, 0.4) is 0 Å². The van der Waals surface area contributed by atoms with Gasteiger partial charge in [-0.3, -0.25) is 19.3 Å². The molecule has 11 nitrogen and oxygen atoms in total. The van der Waals surface area contributed by atoms with Crippen LogP contribution >= 0.6 is 0 Å². The molecule has 0 aliphatic carbocycles. The van der Waals surface area contributed by atoms with Crippen molar-refractivity contribution < 1.29 is 45.6 Å². The van der Waals surface area contributed by atoms with Crippen molar-refractivity contribution in [1.82, 2.24) is 15.3 Å². The number of carbonyl (C=O) groups is 2. The van der Waals surface area contributed by atoms with E-state index < -0.39 is 68.3 Å². The topological polar surface area (TPSA) is 155 Å². The van der Waals surface area contributed by atoms with Crippen molar-refractivity contribution >= 4 is 39.9 Å². The van der Waals surface area contributed by atoms with Gasteiger partial charge in [0, 0.05) is 23.9 Å². The standard InChI is InChI=1S/C24H25F5N6O5S/c1-22(2)20(34-21(37)38)35-23(3,16-6-7-32-41(16,22)39)13-8-12(4-5-14(13)25)33-18(36)15-9-31-17(10-30-15)40-11-24(28,29)19(26)27/h4-5,7-10,16,19,41H,6,11H2,1-3H3,(H,33,36)(H,34,35)(H,37,38)/t16-,23+/m0/s1. The van der Waals surface area contributed by atoms with Gasteiger partial charge < -0.3 is 15.2 Å². The summed E-state index contributed by atoms with van der Waals surface area (Å²) in [6.07, 6.45) is -2.10. The number of thiol groups is 1. The summed E-state index contributed by atoms with van der Waals surface area (Å²) in [5.74, 6) is -6.69. The molecule has 0 bridgehead atoms. The summed E-state index contributed by atoms with van der Waals surface area (Å²) in [4.78, 5) is 36.1. The summed E-state index contributed by atoms with van der Waals surface area (Å²) in [7, 11) is -3.57. The van der Waals surface area contributed by atoms with E-state index in [1.54, 1.807) is 13.8 Å². The minimum Gasteiger partial charge on any atom is -0.470 e. The molecule has 0 saturated carbocycles. The number of aromatic nitrogens is 2. The zero-order chi connectivity index (χ0) is 30.4. The van der Waals surface area contributed by atoms with Gasteiger partial charge in [-0.25, -0.2) is 32.3 Å². The summed E-state index contributed by atoms with van der Waals surface area (Å²) >= 11 is 0. The van der Waals surface area contributed by atoms with Crippen LogP contribution in [0.25, 0.3) is 0 Å². The highest BCUT2D eigenvalue weighted by atomic mass is 32.3. The van der Waals surface area contributed by atoms with E-state index in [-0.39, 0.29) is 29.2 Å². The van der Waals surface area contributed by atoms with Crippen molar-refractivity contribution in [2.75, 3.05) is 11.9 Å². The van der Waals surface area contributed by atoms with E-state index in [1.807, 2.05) is 0 Å². The van der Waals surface area contributed by atoms with E-state index in [4.69, 9.17) is 0 Å². The molecule has 2 aliphatic heterocycles. The number of nitrogens with zero attached hydrogens (tertiary/aromatic N) is 4. The van der Waals surface area contributed by atoms with E-state index >= 15 is 4.39 Å². The fraction of sp³-hybridized carbons (Fsp3) is 0.417. The van der Waals surface area contributed by atoms with Crippen LogP contribution in [-0.4, -0.2) is 72.3 Å². The van der Waals surface area contributed by atoms with Crippen LogP contribution < -0.4 is 15.4 Å². The number of amidine groups is 1. The van der Waals surface area contributed by atoms with Gasteiger partial charge >= 0.3 is 18.4 Å². The predicted molar refractivity (Wildman–Crippen MR) is 139 cm³/mol. The number of hydrogen-bond acceptors (Lipinski definition) is 7. The van der Waals surface area contributed by atoms with Crippen LogP contribution in [0.2, 0.25) is 0 Å². The first-order chi connectivity index (χ1) is 19.0. The number of carboxylic acid groups (broad SMARTS) is 1. The van der Waals surface area contributed by atoms with Crippen molar-refractivity contribution in [2.24, 2.45) is 9.39 Å². The molecule has 2 amide bonds. The van der Waals surface area contributed by atoms with Crippen LogP contribution in [0, 0.1) is 5.82 Å². The number of rotatable bonds is 7. The lowest BCUT2D eigenvalue weighted by atomic mass is 9.86. The molecule has 3 heterocycles. The molecule has 2 aliphatic rings. The molecule has 2 atom stereocenters. The zero-order valence-corrected chi connectivity index (χ0v) is 22.6. The first-order valence-electron chi connectivity index (χ1n) is 12.0. The molecule has 4 rings (SSSR count). The molecule has 0 saturated heterocycles. The largest absolute Gasteiger partial charge is 0.470 e. The summed E-state index contributed by atoms with van der Waals surface area (Å²) in [5.41, 5.74) is -1.88. The van der Waals surface area contributed by atoms with Crippen LogP contribution in [0.1, 0.15) is 43.2 Å². The van der Waals surface area contributed by atoms with Crippen LogP contribution in [0.5, 0.6) is 5.88 Å². The van der Waals surface area contributed by atoms with Gasteiger partial charge in [0.25, 0.3) is 5.91 Å². The Labute approximate surface area is 230 Å². The van der Waals surface area contributed by atoms with Crippen molar-refractivity contribution in [2.45, 2.75) is 55.1 Å². The quantitative estimate of drug-likeness (QED) is 0.278. The highest BCUT2D eigenvalue weighted by Gasteiger charge is 2.58. The molecule has 17 heteroatoms. The Hall–Kier alpha value is -4.02. The number of nitrogens with one attached hydrogen (secondary N) is 2. The van der Waals surface area contributed by atoms with E-state index in [9.17, 15) is 36.5 Å². The number of carbonyl (C=O) groups excluding carboxylic acids is 1. The maximum Gasteiger partial charge on any atom is 0.410 e. The number of aliphatic imine (C=N–C) groups is 1. The van der Waals surface area contributed by atoms with Gasteiger partial charge in [0.2, 0.25) is 5.88 Å². The normalized spacial score (nSPS) is 23.3. The second-order valence-corrected chi connectivity index (χ2v) is 13.2. The van der Waals surface area contributed by atoms with Gasteiger partial charge in [-0.2, -0.15) is 8.78 Å². The summed E-state index contributed by atoms with van der Waals surface area (Å²) in [5, 5.41) is 13.2. The number of fused-ring (bicyclic) bond motifs is 1. The minimum atomic E-state index is -4.41. The first-order valence-corrected chi connectivity index (χ1v) is 13.7. The van der Waals surface area contributed by atoms with Crippen LogP contribution in [0.4, 0.5) is 32.4 Å².